The van der Waals surface area contributed by atoms with Crippen molar-refractivity contribution in [1.29, 1.82) is 0 Å². The van der Waals surface area contributed by atoms with Crippen LogP contribution in [0.1, 0.15) is 107 Å². The molecular formula is C25H48O2. The van der Waals surface area contributed by atoms with Crippen molar-refractivity contribution >= 4 is 5.97 Å². The van der Waals surface area contributed by atoms with Crippen molar-refractivity contribution in [3.05, 3.63) is 0 Å². The molecule has 3 saturated carbocycles. The molecule has 0 radical (unpaired) electrons. The topological polar surface area (TPSA) is 26.3 Å². The van der Waals surface area contributed by atoms with E-state index in [1.165, 1.54) is 44.9 Å². The maximum absolute atomic E-state index is 12.6. The first kappa shape index (κ1) is 24.5. The summed E-state index contributed by atoms with van der Waals surface area (Å²) in [6.45, 7) is 17.5. The molecule has 27 heavy (non-hydrogen) atoms. The van der Waals surface area contributed by atoms with Gasteiger partial charge in [0.1, 0.15) is 0 Å². The van der Waals surface area contributed by atoms with Gasteiger partial charge in [0.05, 0.1) is 12.5 Å². The van der Waals surface area contributed by atoms with Crippen molar-refractivity contribution < 1.29 is 9.53 Å². The zero-order valence-corrected chi connectivity index (χ0v) is 19.9. The van der Waals surface area contributed by atoms with Crippen LogP contribution in [-0.2, 0) is 9.53 Å². The fourth-order valence-electron chi connectivity index (χ4n) is 6.96. The highest BCUT2D eigenvalue weighted by Gasteiger charge is 2.59. The van der Waals surface area contributed by atoms with Crippen LogP contribution in [0.4, 0.5) is 0 Å². The molecule has 2 heteroatoms. The average Bonchev–Trinajstić information content (AvgIpc) is 2.69. The Labute approximate surface area is 170 Å². The minimum absolute atomic E-state index is 0.0442. The number of hydrogen-bond donors (Lipinski definition) is 0. The maximum Gasteiger partial charge on any atom is 0.311 e. The number of carbonyl (C=O) groups excluding carboxylic acids is 1. The largest absolute Gasteiger partial charge is 0.469 e. The fraction of sp³-hybridized carbons (Fsp3) is 0.960. The van der Waals surface area contributed by atoms with Crippen molar-refractivity contribution in [2.75, 3.05) is 7.11 Å². The predicted octanol–water partition coefficient (Wildman–Crippen LogP) is 7.51. The predicted molar refractivity (Wildman–Crippen MR) is 117 cm³/mol. The number of fused-ring (bicyclic) bond motifs is 3. The second-order valence-corrected chi connectivity index (χ2v) is 9.58. The highest BCUT2D eigenvalue weighted by Crippen LogP contribution is 2.64. The molecule has 0 aromatic rings. The molecule has 0 heterocycles. The first-order valence-electron chi connectivity index (χ1n) is 11.9. The van der Waals surface area contributed by atoms with Gasteiger partial charge in [-0.25, -0.2) is 0 Å². The van der Waals surface area contributed by atoms with E-state index in [2.05, 4.69) is 27.7 Å². The number of rotatable bonds is 2. The van der Waals surface area contributed by atoms with E-state index in [4.69, 9.17) is 4.74 Å². The van der Waals surface area contributed by atoms with Gasteiger partial charge >= 0.3 is 5.97 Å². The van der Waals surface area contributed by atoms with Crippen LogP contribution in [0.25, 0.3) is 0 Å². The Balaban J connectivity index is 0.000000855. The van der Waals surface area contributed by atoms with Crippen molar-refractivity contribution in [1.82, 2.24) is 0 Å². The summed E-state index contributed by atoms with van der Waals surface area (Å²) in [6, 6.07) is 0. The molecule has 5 unspecified atom stereocenters. The Morgan fingerprint density at radius 2 is 1.59 bits per heavy atom. The van der Waals surface area contributed by atoms with Crippen LogP contribution in [0.15, 0.2) is 0 Å². The summed E-state index contributed by atoms with van der Waals surface area (Å²) in [5, 5.41) is 0. The summed E-state index contributed by atoms with van der Waals surface area (Å²) in [5.41, 5.74) is 0.105. The van der Waals surface area contributed by atoms with Gasteiger partial charge in [0.25, 0.3) is 0 Å². The van der Waals surface area contributed by atoms with E-state index in [0.717, 1.165) is 30.1 Å². The summed E-state index contributed by atoms with van der Waals surface area (Å²) in [5.74, 6) is 4.05. The molecule has 2 nitrogen and oxygen atoms in total. The van der Waals surface area contributed by atoms with Gasteiger partial charge in [0.2, 0.25) is 0 Å². The van der Waals surface area contributed by atoms with E-state index < -0.39 is 0 Å². The summed E-state index contributed by atoms with van der Waals surface area (Å²) in [6.07, 6.45) is 10.3. The Morgan fingerprint density at radius 1 is 0.963 bits per heavy atom. The summed E-state index contributed by atoms with van der Waals surface area (Å²) in [7, 11) is 1.57. The summed E-state index contributed by atoms with van der Waals surface area (Å²) < 4.78 is 5.23. The number of ether oxygens (including phenoxy) is 1. The molecule has 0 saturated heterocycles. The third-order valence-electron chi connectivity index (χ3n) is 8.27. The Hall–Kier alpha value is -0.530. The van der Waals surface area contributed by atoms with E-state index >= 15 is 0 Å². The quantitative estimate of drug-likeness (QED) is 0.463. The fourth-order valence-corrected chi connectivity index (χ4v) is 6.96. The summed E-state index contributed by atoms with van der Waals surface area (Å²) in [4.78, 5) is 12.6. The second-order valence-electron chi connectivity index (χ2n) is 9.58. The van der Waals surface area contributed by atoms with Crippen molar-refractivity contribution in [3.8, 4) is 0 Å². The normalized spacial score (nSPS) is 40.4. The third-order valence-corrected chi connectivity index (χ3v) is 8.27. The highest BCUT2D eigenvalue weighted by molar-refractivity contribution is 5.77. The van der Waals surface area contributed by atoms with Crippen LogP contribution in [0, 0.1) is 40.4 Å². The zero-order valence-electron chi connectivity index (χ0n) is 19.9. The molecule has 0 aromatic carbocycles. The molecule has 0 amide bonds. The molecule has 6 atom stereocenters. The third kappa shape index (κ3) is 4.56. The van der Waals surface area contributed by atoms with Gasteiger partial charge in [-0.05, 0) is 86.9 Å². The Morgan fingerprint density at radius 3 is 2.15 bits per heavy atom. The van der Waals surface area contributed by atoms with Crippen LogP contribution in [0.2, 0.25) is 0 Å². The minimum Gasteiger partial charge on any atom is -0.469 e. The molecule has 3 aliphatic carbocycles. The van der Waals surface area contributed by atoms with Crippen molar-refractivity contribution in [2.45, 2.75) is 107 Å². The minimum atomic E-state index is -0.248. The van der Waals surface area contributed by atoms with Crippen molar-refractivity contribution in [3.63, 3.8) is 0 Å². The first-order chi connectivity index (χ1) is 12.8. The standard InChI is InChI=1S/C21H36O2.2C2H6/c1-14(2)15-7-9-17-16(13-15)8-10-18-20(17,3)11-6-12-21(18,4)19(22)23-5;2*1-2/h14-18H,6-13H2,1-5H3;2*1-2H3/t15?,16?,17?,18?,20-,21?;;/m1../s1. The van der Waals surface area contributed by atoms with Gasteiger partial charge < -0.3 is 4.74 Å². The molecule has 3 aliphatic rings. The van der Waals surface area contributed by atoms with E-state index in [0.29, 0.717) is 11.3 Å². The summed E-state index contributed by atoms with van der Waals surface area (Å²) >= 11 is 0. The van der Waals surface area contributed by atoms with Crippen LogP contribution >= 0.6 is 0 Å². The maximum atomic E-state index is 12.6. The molecule has 0 spiro atoms. The van der Waals surface area contributed by atoms with Gasteiger partial charge in [0, 0.05) is 0 Å². The molecule has 3 fully saturated rings. The SMILES string of the molecule is CC.CC.COC(=O)C1(C)CCC[C@]2(C)C3CCC(C(C)C)CC3CCC12. The number of carbonyl (C=O) groups is 1. The number of esters is 1. The van der Waals surface area contributed by atoms with Gasteiger partial charge in [0.15, 0.2) is 0 Å². The number of methoxy groups -OCH3 is 1. The lowest BCUT2D eigenvalue weighted by molar-refractivity contribution is -0.176. The lowest BCUT2D eigenvalue weighted by Gasteiger charge is -2.61. The van der Waals surface area contributed by atoms with Crippen molar-refractivity contribution in [2.24, 2.45) is 40.4 Å². The van der Waals surface area contributed by atoms with E-state index in [-0.39, 0.29) is 11.4 Å². The molecule has 0 bridgehead atoms. The van der Waals surface area contributed by atoms with E-state index in [1.807, 2.05) is 27.7 Å². The molecule has 0 aromatic heterocycles. The molecule has 160 valence electrons. The van der Waals surface area contributed by atoms with E-state index in [1.54, 1.807) is 7.11 Å². The first-order valence-corrected chi connectivity index (χ1v) is 11.9. The van der Waals surface area contributed by atoms with Gasteiger partial charge in [-0.1, -0.05) is 54.9 Å². The Bertz CT molecular complexity index is 457. The average molecular weight is 381 g/mol. The molecular weight excluding hydrogens is 332 g/mol. The molecule has 0 aliphatic heterocycles. The monoisotopic (exact) mass is 380 g/mol. The van der Waals surface area contributed by atoms with Crippen LogP contribution in [0.5, 0.6) is 0 Å². The van der Waals surface area contributed by atoms with Gasteiger partial charge in [-0.15, -0.1) is 0 Å². The molecule has 3 rings (SSSR count). The van der Waals surface area contributed by atoms with Crippen LogP contribution < -0.4 is 0 Å². The Kier molecular flexibility index (Phi) is 9.35. The lowest BCUT2D eigenvalue weighted by atomic mass is 9.43. The molecule has 0 N–H and O–H groups in total. The highest BCUT2D eigenvalue weighted by atomic mass is 16.5. The smallest absolute Gasteiger partial charge is 0.311 e. The zero-order chi connectivity index (χ0) is 20.8. The van der Waals surface area contributed by atoms with Crippen LogP contribution in [-0.4, -0.2) is 13.1 Å². The van der Waals surface area contributed by atoms with E-state index in [9.17, 15) is 4.79 Å². The number of hydrogen-bond acceptors (Lipinski definition) is 2. The second kappa shape index (κ2) is 10.3. The van der Waals surface area contributed by atoms with Gasteiger partial charge in [-0.3, -0.25) is 4.79 Å². The lowest BCUT2D eigenvalue weighted by Crippen LogP contribution is -2.56. The van der Waals surface area contributed by atoms with Crippen LogP contribution in [0.3, 0.4) is 0 Å². The van der Waals surface area contributed by atoms with Gasteiger partial charge in [-0.2, -0.15) is 0 Å².